The molecule has 0 spiro atoms. The van der Waals surface area contributed by atoms with Crippen LogP contribution in [0.25, 0.3) is 0 Å². The van der Waals surface area contributed by atoms with Gasteiger partial charge in [0.05, 0.1) is 0 Å². The molecule has 160 valence electrons. The van der Waals surface area contributed by atoms with Gasteiger partial charge in [-0.2, -0.15) is 11.8 Å². The van der Waals surface area contributed by atoms with Crippen LogP contribution in [0.3, 0.4) is 0 Å². The highest BCUT2D eigenvalue weighted by Crippen LogP contribution is 2.64. The van der Waals surface area contributed by atoms with E-state index in [1.165, 1.54) is 18.5 Å². The monoisotopic (exact) mass is 417 g/mol. The van der Waals surface area contributed by atoms with Crippen LogP contribution in [-0.4, -0.2) is 47.8 Å². The highest BCUT2D eigenvalue weighted by Gasteiger charge is 2.60. The van der Waals surface area contributed by atoms with Gasteiger partial charge in [0.2, 0.25) is 5.91 Å². The predicted octanol–water partition coefficient (Wildman–Crippen LogP) is 2.98. The van der Waals surface area contributed by atoms with Crippen LogP contribution < -0.4 is 10.7 Å². The van der Waals surface area contributed by atoms with E-state index in [2.05, 4.69) is 29.6 Å². The maximum atomic E-state index is 13.2. The summed E-state index contributed by atoms with van der Waals surface area (Å²) in [5.74, 6) is 4.76. The van der Waals surface area contributed by atoms with E-state index < -0.39 is 0 Å². The van der Waals surface area contributed by atoms with Gasteiger partial charge in [-0.25, -0.2) is 5.01 Å². The Bertz CT molecular complexity index is 734. The summed E-state index contributed by atoms with van der Waals surface area (Å²) in [6.45, 7) is 7.67. The number of fused-ring (bicyclic) bond motifs is 5. The number of rotatable bonds is 2. The third kappa shape index (κ3) is 3.16. The van der Waals surface area contributed by atoms with Crippen molar-refractivity contribution < 1.29 is 9.59 Å². The molecule has 6 heteroatoms. The van der Waals surface area contributed by atoms with E-state index >= 15 is 0 Å². The Kier molecular flexibility index (Phi) is 5.01. The Balaban J connectivity index is 1.34. The molecule has 3 aliphatic carbocycles. The number of hydrazine groups is 1. The van der Waals surface area contributed by atoms with Gasteiger partial charge in [0.15, 0.2) is 5.78 Å². The second-order valence-corrected chi connectivity index (χ2v) is 11.7. The van der Waals surface area contributed by atoms with E-state index in [9.17, 15) is 9.59 Å². The number of carbonyl (C=O) groups excluding carboxylic acids is 2. The van der Waals surface area contributed by atoms with Crippen LogP contribution in [-0.2, 0) is 9.59 Å². The molecule has 0 aromatic rings. The highest BCUT2D eigenvalue weighted by atomic mass is 32.2. The van der Waals surface area contributed by atoms with Gasteiger partial charge < -0.3 is 5.32 Å². The molecular formula is C23H35N3O2S. The largest absolute Gasteiger partial charge is 0.387 e. The van der Waals surface area contributed by atoms with Crippen molar-refractivity contribution in [2.24, 2.45) is 34.5 Å². The van der Waals surface area contributed by atoms with E-state index in [0.29, 0.717) is 24.2 Å². The zero-order valence-electron chi connectivity index (χ0n) is 17.8. The van der Waals surface area contributed by atoms with E-state index in [0.717, 1.165) is 50.4 Å². The highest BCUT2D eigenvalue weighted by molar-refractivity contribution is 7.99. The van der Waals surface area contributed by atoms with Crippen molar-refractivity contribution in [1.82, 2.24) is 15.8 Å². The van der Waals surface area contributed by atoms with Crippen molar-refractivity contribution in [2.75, 3.05) is 31.1 Å². The maximum absolute atomic E-state index is 13.2. The molecule has 5 nitrogen and oxygen atoms in total. The lowest BCUT2D eigenvalue weighted by atomic mass is 9.50. The summed E-state index contributed by atoms with van der Waals surface area (Å²) in [7, 11) is 0. The first-order valence-electron chi connectivity index (χ1n) is 11.5. The Labute approximate surface area is 178 Å². The molecule has 29 heavy (non-hydrogen) atoms. The molecule has 1 unspecified atom stereocenters. The zero-order valence-corrected chi connectivity index (χ0v) is 18.7. The fraction of sp³-hybridized carbons (Fsp3) is 0.826. The Morgan fingerprint density at radius 2 is 1.97 bits per heavy atom. The Hall–Kier alpha value is -1.01. The number of allylic oxidation sites excluding steroid dienone is 2. The molecule has 2 heterocycles. The van der Waals surface area contributed by atoms with Crippen LogP contribution in [0.2, 0.25) is 0 Å². The van der Waals surface area contributed by atoms with Gasteiger partial charge in [-0.05, 0) is 55.3 Å². The van der Waals surface area contributed by atoms with Crippen molar-refractivity contribution in [1.29, 1.82) is 0 Å². The minimum atomic E-state index is 0.111. The zero-order chi connectivity index (χ0) is 20.2. The van der Waals surface area contributed by atoms with Gasteiger partial charge in [-0.3, -0.25) is 15.0 Å². The van der Waals surface area contributed by atoms with Crippen LogP contribution in [0.15, 0.2) is 11.8 Å². The van der Waals surface area contributed by atoms with Crippen LogP contribution in [0, 0.1) is 34.5 Å². The molecule has 2 saturated heterocycles. The average molecular weight is 418 g/mol. The predicted molar refractivity (Wildman–Crippen MR) is 116 cm³/mol. The van der Waals surface area contributed by atoms with Gasteiger partial charge in [-0.1, -0.05) is 13.8 Å². The molecule has 1 amide bonds. The molecule has 2 saturated carbocycles. The number of ketones is 1. The van der Waals surface area contributed by atoms with E-state index in [4.69, 9.17) is 0 Å². The maximum Gasteiger partial charge on any atom is 0.237 e. The average Bonchev–Trinajstić information content (AvgIpc) is 3.06. The van der Waals surface area contributed by atoms with Crippen LogP contribution in [0.1, 0.15) is 52.4 Å². The minimum Gasteiger partial charge on any atom is -0.387 e. The summed E-state index contributed by atoms with van der Waals surface area (Å²) >= 11 is 1.97. The third-order valence-electron chi connectivity index (χ3n) is 9.19. The lowest BCUT2D eigenvalue weighted by Gasteiger charge is -2.58. The van der Waals surface area contributed by atoms with E-state index in [-0.39, 0.29) is 28.4 Å². The molecule has 0 radical (unpaired) electrons. The molecule has 0 aromatic carbocycles. The first kappa shape index (κ1) is 19.9. The fourth-order valence-corrected chi connectivity index (χ4v) is 8.39. The SMILES string of the molecule is C[C@]12CCC(=O)C=C1NC[C@@H]1[C@H]2CC[C@]2(C)C(C(=O)NN3CCSCC3)CC[C@@H]12. The smallest absolute Gasteiger partial charge is 0.237 e. The molecule has 2 aliphatic heterocycles. The fourth-order valence-electron chi connectivity index (χ4n) is 7.48. The third-order valence-corrected chi connectivity index (χ3v) is 10.1. The summed E-state index contributed by atoms with van der Waals surface area (Å²) in [6.07, 6.45) is 8.07. The topological polar surface area (TPSA) is 61.4 Å². The van der Waals surface area contributed by atoms with Gasteiger partial charge in [0, 0.05) is 60.7 Å². The van der Waals surface area contributed by atoms with Gasteiger partial charge in [0.25, 0.3) is 0 Å². The summed E-state index contributed by atoms with van der Waals surface area (Å²) < 4.78 is 0. The quantitative estimate of drug-likeness (QED) is 0.723. The van der Waals surface area contributed by atoms with E-state index in [1.54, 1.807) is 0 Å². The lowest BCUT2D eigenvalue weighted by Crippen LogP contribution is -2.58. The van der Waals surface area contributed by atoms with Crippen LogP contribution in [0.5, 0.6) is 0 Å². The second kappa shape index (κ2) is 7.30. The summed E-state index contributed by atoms with van der Waals surface area (Å²) in [6, 6.07) is 0. The normalized spacial score (nSPS) is 44.8. The van der Waals surface area contributed by atoms with Gasteiger partial charge in [-0.15, -0.1) is 0 Å². The van der Waals surface area contributed by atoms with Crippen molar-refractivity contribution in [3.05, 3.63) is 11.8 Å². The van der Waals surface area contributed by atoms with Gasteiger partial charge in [0.1, 0.15) is 0 Å². The molecule has 0 aromatic heterocycles. The summed E-state index contributed by atoms with van der Waals surface area (Å²) in [5, 5.41) is 5.80. The Morgan fingerprint density at radius 1 is 1.17 bits per heavy atom. The number of piperidine rings is 1. The number of thioether (sulfide) groups is 1. The first-order valence-corrected chi connectivity index (χ1v) is 12.7. The van der Waals surface area contributed by atoms with Crippen LogP contribution >= 0.6 is 11.8 Å². The molecule has 2 N–H and O–H groups in total. The van der Waals surface area contributed by atoms with Crippen molar-refractivity contribution in [2.45, 2.75) is 52.4 Å². The molecule has 4 fully saturated rings. The number of hydrogen-bond acceptors (Lipinski definition) is 5. The molecule has 6 atom stereocenters. The van der Waals surface area contributed by atoms with E-state index in [1.807, 2.05) is 17.8 Å². The van der Waals surface area contributed by atoms with Crippen LogP contribution in [0.4, 0.5) is 0 Å². The molecular weight excluding hydrogens is 382 g/mol. The summed E-state index contributed by atoms with van der Waals surface area (Å²) in [4.78, 5) is 25.2. The molecule has 5 aliphatic rings. The second-order valence-electron chi connectivity index (χ2n) is 10.4. The first-order chi connectivity index (χ1) is 13.9. The lowest BCUT2D eigenvalue weighted by molar-refractivity contribution is -0.137. The number of nitrogens with zero attached hydrogens (tertiary/aromatic N) is 1. The number of carbonyl (C=O) groups is 2. The molecule has 0 bridgehead atoms. The van der Waals surface area contributed by atoms with Crippen molar-refractivity contribution >= 4 is 23.5 Å². The number of nitrogens with one attached hydrogen (secondary N) is 2. The van der Waals surface area contributed by atoms with Crippen molar-refractivity contribution in [3.8, 4) is 0 Å². The number of amides is 1. The summed E-state index contributed by atoms with van der Waals surface area (Å²) in [5.41, 5.74) is 4.68. The van der Waals surface area contributed by atoms with Gasteiger partial charge >= 0.3 is 0 Å². The Morgan fingerprint density at radius 3 is 2.76 bits per heavy atom. The minimum absolute atomic E-state index is 0.111. The van der Waals surface area contributed by atoms with Crippen molar-refractivity contribution in [3.63, 3.8) is 0 Å². The number of hydrogen-bond donors (Lipinski definition) is 2. The standard InChI is InChI=1S/C23H35N3O2S/c1-22-8-6-18-16(14-24-20-13-15(27)5-7-23(18,20)2)17(22)3-4-19(22)21(28)25-26-9-11-29-12-10-26/h13,16-19,24H,3-12,14H2,1-2H3,(H,25,28)/t16-,17-,18+,19?,22-,23+/m0/s1. The molecule has 5 rings (SSSR count).